The zero-order chi connectivity index (χ0) is 12.1. The molecule has 1 fully saturated rings. The van der Waals surface area contributed by atoms with Crippen LogP contribution >= 0.6 is 22.9 Å². The van der Waals surface area contributed by atoms with E-state index < -0.39 is 0 Å². The Hall–Kier alpha value is -0.0900. The number of thiophene rings is 1. The molecule has 1 aromatic heterocycles. The minimum Gasteiger partial charge on any atom is -0.314 e. The van der Waals surface area contributed by atoms with Gasteiger partial charge in [-0.15, -0.1) is 11.3 Å². The maximum atomic E-state index is 6.30. The first-order chi connectivity index (χ1) is 8.33. The predicted octanol–water partition coefficient (Wildman–Crippen LogP) is 3.54. The molecule has 0 spiro atoms. The molecule has 0 radical (unpaired) electrons. The molecule has 1 aliphatic rings. The zero-order valence-corrected chi connectivity index (χ0v) is 12.0. The Morgan fingerprint density at radius 1 is 1.47 bits per heavy atom. The van der Waals surface area contributed by atoms with E-state index in [4.69, 9.17) is 11.6 Å². The average Bonchev–Trinajstić information content (AvgIpc) is 2.78. The van der Waals surface area contributed by atoms with E-state index in [1.807, 2.05) is 17.4 Å². The number of piperazine rings is 1. The highest BCUT2D eigenvalue weighted by molar-refractivity contribution is 7.10. The van der Waals surface area contributed by atoms with E-state index >= 15 is 0 Å². The van der Waals surface area contributed by atoms with Gasteiger partial charge in [-0.3, -0.25) is 4.90 Å². The summed E-state index contributed by atoms with van der Waals surface area (Å²) in [5, 5.41) is 6.48. The van der Waals surface area contributed by atoms with Gasteiger partial charge in [-0.05, 0) is 17.9 Å². The van der Waals surface area contributed by atoms with E-state index in [-0.39, 0.29) is 0 Å². The lowest BCUT2D eigenvalue weighted by molar-refractivity contribution is 0.165. The molecule has 4 heteroatoms. The van der Waals surface area contributed by atoms with Gasteiger partial charge >= 0.3 is 0 Å². The second-order valence-electron chi connectivity index (χ2n) is 4.58. The molecule has 1 aromatic rings. The van der Waals surface area contributed by atoms with Gasteiger partial charge in [0.05, 0.1) is 5.02 Å². The molecule has 1 N–H and O–H groups in total. The van der Waals surface area contributed by atoms with Crippen molar-refractivity contribution in [1.82, 2.24) is 10.2 Å². The maximum Gasteiger partial charge on any atom is 0.0561 e. The summed E-state index contributed by atoms with van der Waals surface area (Å²) in [6, 6.07) is 2.56. The lowest BCUT2D eigenvalue weighted by Gasteiger charge is -2.34. The minimum absolute atomic E-state index is 0.532. The highest BCUT2D eigenvalue weighted by atomic mass is 35.5. The van der Waals surface area contributed by atoms with Crippen molar-refractivity contribution in [3.05, 3.63) is 21.3 Å². The van der Waals surface area contributed by atoms with Crippen molar-refractivity contribution in [2.75, 3.05) is 26.2 Å². The van der Waals surface area contributed by atoms with Crippen LogP contribution in [0.2, 0.25) is 5.02 Å². The summed E-state index contributed by atoms with van der Waals surface area (Å²) in [4.78, 5) is 3.95. The Balaban J connectivity index is 2.09. The molecule has 0 unspecified atom stereocenters. The van der Waals surface area contributed by atoms with Crippen molar-refractivity contribution in [1.29, 1.82) is 0 Å². The molecule has 1 aliphatic heterocycles. The molecule has 2 nitrogen and oxygen atoms in total. The largest absolute Gasteiger partial charge is 0.314 e. The summed E-state index contributed by atoms with van der Waals surface area (Å²) >= 11 is 8.11. The number of nitrogens with one attached hydrogen (secondary N) is 1. The Kier molecular flexibility index (Phi) is 5.29. The molecule has 17 heavy (non-hydrogen) atoms. The van der Waals surface area contributed by atoms with Crippen LogP contribution in [0.25, 0.3) is 0 Å². The van der Waals surface area contributed by atoms with Gasteiger partial charge in [0.25, 0.3) is 0 Å². The third kappa shape index (κ3) is 3.44. The van der Waals surface area contributed by atoms with Crippen LogP contribution < -0.4 is 5.32 Å². The smallest absolute Gasteiger partial charge is 0.0561 e. The number of unbranched alkanes of at least 4 members (excludes halogenated alkanes) is 1. The molecule has 0 bridgehead atoms. The van der Waals surface area contributed by atoms with Crippen molar-refractivity contribution in [3.8, 4) is 0 Å². The highest BCUT2D eigenvalue weighted by Gasteiger charge is 2.24. The van der Waals surface area contributed by atoms with Crippen LogP contribution in [0.1, 0.15) is 37.1 Å². The first kappa shape index (κ1) is 13.3. The Labute approximate surface area is 113 Å². The van der Waals surface area contributed by atoms with E-state index in [0.717, 1.165) is 31.2 Å². The van der Waals surface area contributed by atoms with Gasteiger partial charge < -0.3 is 5.32 Å². The van der Waals surface area contributed by atoms with Gasteiger partial charge in [-0.25, -0.2) is 0 Å². The standard InChI is InChI=1S/C13H21ClN2S/c1-2-3-4-12(13-11(14)5-10-17-13)16-8-6-15-7-9-16/h5,10,12,15H,2-4,6-9H2,1H3/t12-/m0/s1. The fourth-order valence-electron chi connectivity index (χ4n) is 2.41. The normalized spacial score (nSPS) is 19.4. The Bertz CT molecular complexity index is 334. The van der Waals surface area contributed by atoms with Crippen molar-refractivity contribution in [2.45, 2.75) is 32.2 Å². The summed E-state index contributed by atoms with van der Waals surface area (Å²) < 4.78 is 0. The second kappa shape index (κ2) is 6.74. The molecule has 1 saturated heterocycles. The number of halogens is 1. The fraction of sp³-hybridized carbons (Fsp3) is 0.692. The van der Waals surface area contributed by atoms with E-state index in [1.165, 1.54) is 24.1 Å². The lowest BCUT2D eigenvalue weighted by Crippen LogP contribution is -2.45. The predicted molar refractivity (Wildman–Crippen MR) is 76.0 cm³/mol. The molecule has 2 rings (SSSR count). The summed E-state index contributed by atoms with van der Waals surface area (Å²) in [6.45, 7) is 6.74. The van der Waals surface area contributed by atoms with Gasteiger partial charge in [0.2, 0.25) is 0 Å². The number of hydrogen-bond donors (Lipinski definition) is 1. The van der Waals surface area contributed by atoms with E-state index in [0.29, 0.717) is 6.04 Å². The second-order valence-corrected chi connectivity index (χ2v) is 5.93. The summed E-state index contributed by atoms with van der Waals surface area (Å²) in [7, 11) is 0. The third-order valence-electron chi connectivity index (χ3n) is 3.37. The molecule has 0 aromatic carbocycles. The third-order valence-corrected chi connectivity index (χ3v) is 4.83. The molecule has 0 aliphatic carbocycles. The Morgan fingerprint density at radius 2 is 2.24 bits per heavy atom. The van der Waals surface area contributed by atoms with Crippen LogP contribution in [0.3, 0.4) is 0 Å². The van der Waals surface area contributed by atoms with Crippen LogP contribution in [0.5, 0.6) is 0 Å². The molecule has 2 heterocycles. The van der Waals surface area contributed by atoms with Crippen molar-refractivity contribution in [3.63, 3.8) is 0 Å². The number of rotatable bonds is 5. The van der Waals surface area contributed by atoms with Gasteiger partial charge in [0.1, 0.15) is 0 Å². The zero-order valence-electron chi connectivity index (χ0n) is 10.4. The van der Waals surface area contributed by atoms with Gasteiger partial charge in [-0.1, -0.05) is 31.4 Å². The summed E-state index contributed by atoms with van der Waals surface area (Å²) in [6.07, 6.45) is 3.77. The van der Waals surface area contributed by atoms with Crippen molar-refractivity contribution in [2.24, 2.45) is 0 Å². The molecule has 1 atom stereocenters. The monoisotopic (exact) mass is 272 g/mol. The number of hydrogen-bond acceptors (Lipinski definition) is 3. The molecule has 0 saturated carbocycles. The fourth-order valence-corrected chi connectivity index (χ4v) is 3.77. The van der Waals surface area contributed by atoms with Gasteiger partial charge in [0.15, 0.2) is 0 Å². The van der Waals surface area contributed by atoms with Crippen LogP contribution in [-0.2, 0) is 0 Å². The number of nitrogens with zero attached hydrogens (tertiary/aromatic N) is 1. The SMILES string of the molecule is CCCC[C@@H](c1sccc1Cl)N1CCNCC1. The quantitative estimate of drug-likeness (QED) is 0.882. The van der Waals surface area contributed by atoms with E-state index in [1.54, 1.807) is 0 Å². The van der Waals surface area contributed by atoms with E-state index in [9.17, 15) is 0 Å². The summed E-state index contributed by atoms with van der Waals surface area (Å²) in [5.74, 6) is 0. The van der Waals surface area contributed by atoms with Crippen LogP contribution in [0.4, 0.5) is 0 Å². The van der Waals surface area contributed by atoms with Crippen molar-refractivity contribution < 1.29 is 0 Å². The van der Waals surface area contributed by atoms with Crippen LogP contribution in [-0.4, -0.2) is 31.1 Å². The average molecular weight is 273 g/mol. The first-order valence-electron chi connectivity index (χ1n) is 6.50. The summed E-state index contributed by atoms with van der Waals surface area (Å²) in [5.41, 5.74) is 0. The van der Waals surface area contributed by atoms with E-state index in [2.05, 4.69) is 22.5 Å². The molecule has 0 amide bonds. The molecular weight excluding hydrogens is 252 g/mol. The maximum absolute atomic E-state index is 6.30. The van der Waals surface area contributed by atoms with Crippen LogP contribution in [0.15, 0.2) is 11.4 Å². The van der Waals surface area contributed by atoms with Crippen molar-refractivity contribution >= 4 is 22.9 Å². The van der Waals surface area contributed by atoms with Gasteiger partial charge in [-0.2, -0.15) is 0 Å². The van der Waals surface area contributed by atoms with Crippen LogP contribution in [0, 0.1) is 0 Å². The highest BCUT2D eigenvalue weighted by Crippen LogP contribution is 2.35. The topological polar surface area (TPSA) is 15.3 Å². The van der Waals surface area contributed by atoms with Gasteiger partial charge in [0, 0.05) is 37.1 Å². The molecular formula is C13H21ClN2S. The minimum atomic E-state index is 0.532. The molecule has 96 valence electrons. The Morgan fingerprint density at radius 3 is 2.82 bits per heavy atom. The lowest BCUT2D eigenvalue weighted by atomic mass is 10.1. The first-order valence-corrected chi connectivity index (χ1v) is 7.76.